The lowest BCUT2D eigenvalue weighted by atomic mass is 10.0. The highest BCUT2D eigenvalue weighted by Crippen LogP contribution is 2.24. The third-order valence-corrected chi connectivity index (χ3v) is 2.44. The smallest absolute Gasteiger partial charge is 0.335 e. The van der Waals surface area contributed by atoms with E-state index in [4.69, 9.17) is 16.6 Å². The van der Waals surface area contributed by atoms with E-state index in [1.54, 1.807) is 42.5 Å². The van der Waals surface area contributed by atoms with Crippen LogP contribution in [0, 0.1) is 0 Å². The summed E-state index contributed by atoms with van der Waals surface area (Å²) in [7, 11) is 0. The molecule has 0 saturated carbocycles. The molecular formula is C13H12N2O2. The number of carbonyl (C=O) groups is 1. The molecule has 17 heavy (non-hydrogen) atoms. The Morgan fingerprint density at radius 2 is 1.41 bits per heavy atom. The first-order chi connectivity index (χ1) is 8.06. The molecule has 0 heterocycles. The fourth-order valence-corrected chi connectivity index (χ4v) is 1.65. The topological polar surface area (TPSA) is 89.3 Å². The third kappa shape index (κ3) is 2.36. The van der Waals surface area contributed by atoms with E-state index in [0.29, 0.717) is 11.4 Å². The number of hydrogen-bond acceptors (Lipinski definition) is 3. The van der Waals surface area contributed by atoms with E-state index in [1.165, 1.54) is 0 Å². The van der Waals surface area contributed by atoms with Crippen molar-refractivity contribution in [2.24, 2.45) is 0 Å². The van der Waals surface area contributed by atoms with Gasteiger partial charge < -0.3 is 16.6 Å². The highest BCUT2D eigenvalue weighted by molar-refractivity contribution is 5.88. The van der Waals surface area contributed by atoms with Crippen LogP contribution < -0.4 is 11.5 Å². The molecule has 5 N–H and O–H groups in total. The number of rotatable bonds is 2. The lowest BCUT2D eigenvalue weighted by Crippen LogP contribution is -1.95. The van der Waals surface area contributed by atoms with Gasteiger partial charge in [0.1, 0.15) is 0 Å². The van der Waals surface area contributed by atoms with Crippen LogP contribution in [0.2, 0.25) is 0 Å². The Kier molecular flexibility index (Phi) is 2.70. The molecule has 0 aromatic heterocycles. The Labute approximate surface area is 98.5 Å². The zero-order valence-electron chi connectivity index (χ0n) is 9.05. The summed E-state index contributed by atoms with van der Waals surface area (Å²) in [4.78, 5) is 10.7. The van der Waals surface area contributed by atoms with Crippen LogP contribution in [0.15, 0.2) is 42.5 Å². The van der Waals surface area contributed by atoms with E-state index in [-0.39, 0.29) is 5.56 Å². The number of carboxylic acid groups (broad SMARTS) is 1. The molecule has 2 aromatic rings. The van der Waals surface area contributed by atoms with Crippen LogP contribution in [-0.4, -0.2) is 11.1 Å². The van der Waals surface area contributed by atoms with Gasteiger partial charge in [-0.1, -0.05) is 12.1 Å². The number of aromatic carboxylic acids is 1. The van der Waals surface area contributed by atoms with Gasteiger partial charge in [-0.15, -0.1) is 0 Å². The van der Waals surface area contributed by atoms with Crippen molar-refractivity contribution in [2.45, 2.75) is 0 Å². The summed E-state index contributed by atoms with van der Waals surface area (Å²) < 4.78 is 0. The predicted molar refractivity (Wildman–Crippen MR) is 67.7 cm³/mol. The van der Waals surface area contributed by atoms with Crippen LogP contribution in [0.1, 0.15) is 10.4 Å². The van der Waals surface area contributed by atoms with E-state index in [0.717, 1.165) is 11.1 Å². The lowest BCUT2D eigenvalue weighted by molar-refractivity contribution is 0.0697. The van der Waals surface area contributed by atoms with Crippen LogP contribution in [0.25, 0.3) is 11.1 Å². The molecule has 0 radical (unpaired) electrons. The summed E-state index contributed by atoms with van der Waals surface area (Å²) in [6, 6.07) is 11.8. The Morgan fingerprint density at radius 1 is 0.882 bits per heavy atom. The first-order valence-corrected chi connectivity index (χ1v) is 5.06. The number of nitrogens with two attached hydrogens (primary N) is 2. The van der Waals surface area contributed by atoms with E-state index >= 15 is 0 Å². The summed E-state index contributed by atoms with van der Waals surface area (Å²) >= 11 is 0. The van der Waals surface area contributed by atoms with Gasteiger partial charge in [-0.25, -0.2) is 4.79 Å². The Bertz CT molecular complexity index is 542. The Hall–Kier alpha value is -2.49. The molecule has 4 heteroatoms. The maximum atomic E-state index is 10.7. The molecule has 4 nitrogen and oxygen atoms in total. The zero-order chi connectivity index (χ0) is 12.4. The van der Waals surface area contributed by atoms with Crippen LogP contribution in [0.5, 0.6) is 0 Å². The lowest BCUT2D eigenvalue weighted by Gasteiger charge is -2.05. The van der Waals surface area contributed by atoms with Crippen LogP contribution in [0.3, 0.4) is 0 Å². The van der Waals surface area contributed by atoms with Crippen LogP contribution in [0.4, 0.5) is 11.4 Å². The molecule has 0 unspecified atom stereocenters. The Balaban J connectivity index is 2.43. The first-order valence-electron chi connectivity index (χ1n) is 5.06. The van der Waals surface area contributed by atoms with Gasteiger partial charge in [0.25, 0.3) is 0 Å². The minimum Gasteiger partial charge on any atom is -0.478 e. The van der Waals surface area contributed by atoms with Crippen molar-refractivity contribution >= 4 is 17.3 Å². The van der Waals surface area contributed by atoms with Gasteiger partial charge in [0.2, 0.25) is 0 Å². The normalized spacial score (nSPS) is 10.1. The van der Waals surface area contributed by atoms with Crippen molar-refractivity contribution in [1.82, 2.24) is 0 Å². The van der Waals surface area contributed by atoms with Crippen molar-refractivity contribution < 1.29 is 9.90 Å². The van der Waals surface area contributed by atoms with E-state index in [9.17, 15) is 4.79 Å². The van der Waals surface area contributed by atoms with Gasteiger partial charge in [-0.3, -0.25) is 0 Å². The average Bonchev–Trinajstić information content (AvgIpc) is 2.28. The maximum Gasteiger partial charge on any atom is 0.335 e. The van der Waals surface area contributed by atoms with E-state index in [2.05, 4.69) is 0 Å². The highest BCUT2D eigenvalue weighted by atomic mass is 16.4. The number of anilines is 2. The minimum absolute atomic E-state index is 0.255. The van der Waals surface area contributed by atoms with E-state index < -0.39 is 5.97 Å². The predicted octanol–water partition coefficient (Wildman–Crippen LogP) is 2.22. The van der Waals surface area contributed by atoms with E-state index in [1.807, 2.05) is 0 Å². The van der Waals surface area contributed by atoms with Crippen molar-refractivity contribution in [3.63, 3.8) is 0 Å². The number of hydrogen-bond donors (Lipinski definition) is 3. The van der Waals surface area contributed by atoms with Gasteiger partial charge in [0, 0.05) is 11.4 Å². The maximum absolute atomic E-state index is 10.7. The van der Waals surface area contributed by atoms with Crippen LogP contribution in [-0.2, 0) is 0 Å². The molecule has 2 aromatic carbocycles. The van der Waals surface area contributed by atoms with Crippen molar-refractivity contribution in [3.05, 3.63) is 48.0 Å². The molecule has 0 bridgehead atoms. The minimum atomic E-state index is -0.941. The SMILES string of the molecule is Nc1cc(N)cc(-c2ccc(C(=O)O)cc2)c1. The fourth-order valence-electron chi connectivity index (χ4n) is 1.65. The molecule has 0 fully saturated rings. The molecular weight excluding hydrogens is 216 g/mol. The quantitative estimate of drug-likeness (QED) is 0.687. The summed E-state index contributed by atoms with van der Waals surface area (Å²) in [6.07, 6.45) is 0. The molecule has 0 atom stereocenters. The Morgan fingerprint density at radius 3 is 1.88 bits per heavy atom. The third-order valence-electron chi connectivity index (χ3n) is 2.44. The number of carboxylic acids is 1. The fraction of sp³-hybridized carbons (Fsp3) is 0. The second kappa shape index (κ2) is 4.17. The van der Waals surface area contributed by atoms with Crippen molar-refractivity contribution in [3.8, 4) is 11.1 Å². The second-order valence-corrected chi connectivity index (χ2v) is 3.77. The van der Waals surface area contributed by atoms with Crippen LogP contribution >= 0.6 is 0 Å². The highest BCUT2D eigenvalue weighted by Gasteiger charge is 2.04. The molecule has 0 spiro atoms. The molecule has 0 amide bonds. The second-order valence-electron chi connectivity index (χ2n) is 3.77. The number of nitrogen functional groups attached to an aromatic ring is 2. The monoisotopic (exact) mass is 228 g/mol. The van der Waals surface area contributed by atoms with Gasteiger partial charge in [0.05, 0.1) is 5.56 Å². The average molecular weight is 228 g/mol. The summed E-state index contributed by atoms with van der Waals surface area (Å²) in [5.41, 5.74) is 14.6. The molecule has 86 valence electrons. The molecule has 0 aliphatic heterocycles. The van der Waals surface area contributed by atoms with Crippen molar-refractivity contribution in [1.29, 1.82) is 0 Å². The van der Waals surface area contributed by atoms with Gasteiger partial charge >= 0.3 is 5.97 Å². The molecule has 0 saturated heterocycles. The first kappa shape index (κ1) is 11.0. The zero-order valence-corrected chi connectivity index (χ0v) is 9.05. The molecule has 2 rings (SSSR count). The van der Waals surface area contributed by atoms with Crippen molar-refractivity contribution in [2.75, 3.05) is 11.5 Å². The summed E-state index contributed by atoms with van der Waals surface area (Å²) in [6.45, 7) is 0. The molecule has 0 aliphatic carbocycles. The van der Waals surface area contributed by atoms with Gasteiger partial charge in [-0.2, -0.15) is 0 Å². The number of benzene rings is 2. The molecule has 0 aliphatic rings. The largest absolute Gasteiger partial charge is 0.478 e. The standard InChI is InChI=1S/C13H12N2O2/c14-11-5-10(6-12(15)7-11)8-1-3-9(4-2-8)13(16)17/h1-7H,14-15H2,(H,16,17). The van der Waals surface area contributed by atoms with Gasteiger partial charge in [0.15, 0.2) is 0 Å². The van der Waals surface area contributed by atoms with Gasteiger partial charge in [-0.05, 0) is 41.5 Å². The summed E-state index contributed by atoms with van der Waals surface area (Å²) in [5.74, 6) is -0.941. The summed E-state index contributed by atoms with van der Waals surface area (Å²) in [5, 5.41) is 8.79.